The van der Waals surface area contributed by atoms with Crippen molar-refractivity contribution in [3.8, 4) is 22.8 Å². The van der Waals surface area contributed by atoms with E-state index >= 15 is 4.39 Å². The van der Waals surface area contributed by atoms with Crippen LogP contribution in [0.15, 0.2) is 77.9 Å². The third-order valence-electron chi connectivity index (χ3n) is 5.63. The number of alkyl halides is 2. The summed E-state index contributed by atoms with van der Waals surface area (Å²) >= 11 is 0. The fraction of sp³-hybridized carbons (Fsp3) is 0.208. The molecule has 0 aliphatic carbocycles. The third-order valence-corrected chi connectivity index (χ3v) is 5.63. The molecule has 168 valence electrons. The lowest BCUT2D eigenvalue weighted by molar-refractivity contribution is -0.0116. The Morgan fingerprint density at radius 1 is 0.970 bits per heavy atom. The fourth-order valence-corrected chi connectivity index (χ4v) is 4.04. The predicted molar refractivity (Wildman–Crippen MR) is 119 cm³/mol. The molecule has 2 aromatic heterocycles. The zero-order valence-corrected chi connectivity index (χ0v) is 17.5. The van der Waals surface area contributed by atoms with Crippen molar-refractivity contribution in [2.45, 2.75) is 18.8 Å². The fourth-order valence-electron chi connectivity index (χ4n) is 4.04. The van der Waals surface area contributed by atoms with Crippen molar-refractivity contribution >= 4 is 5.69 Å². The number of nitrogens with zero attached hydrogens (tertiary/aromatic N) is 5. The largest absolute Gasteiger partial charge is 0.365 e. The molecule has 2 aromatic carbocycles. The molecule has 0 spiro atoms. The number of para-hydroxylation sites is 1. The molecule has 9 heteroatoms. The van der Waals surface area contributed by atoms with Crippen molar-refractivity contribution < 1.29 is 13.2 Å². The summed E-state index contributed by atoms with van der Waals surface area (Å²) in [4.78, 5) is 14.1. The molecule has 1 saturated heterocycles. The van der Waals surface area contributed by atoms with Gasteiger partial charge >= 0.3 is 0 Å². The Labute approximate surface area is 187 Å². The van der Waals surface area contributed by atoms with Gasteiger partial charge in [-0.2, -0.15) is 10.2 Å². The number of benzene rings is 2. The maximum Gasteiger partial charge on any atom is 0.265 e. The first-order valence-electron chi connectivity index (χ1n) is 10.5. The van der Waals surface area contributed by atoms with Crippen LogP contribution in [0.1, 0.15) is 12.8 Å². The molecule has 0 saturated carbocycles. The summed E-state index contributed by atoms with van der Waals surface area (Å²) in [5.74, 6) is -3.41. The van der Waals surface area contributed by atoms with Crippen molar-refractivity contribution in [3.05, 3.63) is 89.1 Å². The highest BCUT2D eigenvalue weighted by atomic mass is 19.3. The Morgan fingerprint density at radius 3 is 2.55 bits per heavy atom. The van der Waals surface area contributed by atoms with Gasteiger partial charge in [0.05, 0.1) is 24.1 Å². The molecule has 0 unspecified atom stereocenters. The van der Waals surface area contributed by atoms with Crippen molar-refractivity contribution in [1.29, 1.82) is 0 Å². The summed E-state index contributed by atoms with van der Waals surface area (Å²) in [6, 6.07) is 16.5. The highest BCUT2D eigenvalue weighted by molar-refractivity contribution is 5.58. The molecule has 1 aliphatic heterocycles. The average Bonchev–Trinajstić information content (AvgIpc) is 3.29. The van der Waals surface area contributed by atoms with Gasteiger partial charge in [0.2, 0.25) is 5.43 Å². The van der Waals surface area contributed by atoms with E-state index in [0.29, 0.717) is 24.3 Å². The predicted octanol–water partition coefficient (Wildman–Crippen LogP) is 4.46. The maximum absolute atomic E-state index is 15.0. The zero-order valence-electron chi connectivity index (χ0n) is 17.5. The lowest BCUT2D eigenvalue weighted by Gasteiger charge is -2.34. The van der Waals surface area contributed by atoms with E-state index in [9.17, 15) is 13.6 Å². The van der Waals surface area contributed by atoms with Gasteiger partial charge in [-0.1, -0.05) is 18.2 Å². The van der Waals surface area contributed by atoms with Crippen molar-refractivity contribution in [2.24, 2.45) is 0 Å². The van der Waals surface area contributed by atoms with Gasteiger partial charge < -0.3 is 4.90 Å². The summed E-state index contributed by atoms with van der Waals surface area (Å²) in [6.45, 7) is 0.00789. The van der Waals surface area contributed by atoms with Gasteiger partial charge in [-0.25, -0.2) is 22.5 Å². The first-order valence-corrected chi connectivity index (χ1v) is 10.5. The molecule has 33 heavy (non-hydrogen) atoms. The van der Waals surface area contributed by atoms with Crippen molar-refractivity contribution in [3.63, 3.8) is 0 Å². The number of halogens is 3. The molecule has 0 amide bonds. The molecule has 1 aliphatic rings. The van der Waals surface area contributed by atoms with Gasteiger partial charge in [-0.3, -0.25) is 4.79 Å². The molecule has 4 aromatic rings. The third kappa shape index (κ3) is 4.13. The van der Waals surface area contributed by atoms with Crippen molar-refractivity contribution in [2.75, 3.05) is 18.0 Å². The highest BCUT2D eigenvalue weighted by Gasteiger charge is 2.35. The lowest BCUT2D eigenvalue weighted by atomic mass is 10.1. The molecule has 6 nitrogen and oxygen atoms in total. The summed E-state index contributed by atoms with van der Waals surface area (Å²) < 4.78 is 45.4. The van der Waals surface area contributed by atoms with Crippen LogP contribution in [0.25, 0.3) is 22.8 Å². The zero-order chi connectivity index (χ0) is 23.0. The van der Waals surface area contributed by atoms with E-state index in [-0.39, 0.29) is 23.2 Å². The second-order valence-corrected chi connectivity index (χ2v) is 7.95. The van der Waals surface area contributed by atoms with Crippen LogP contribution in [0.5, 0.6) is 0 Å². The van der Waals surface area contributed by atoms with Crippen LogP contribution in [0.2, 0.25) is 0 Å². The Hall–Kier alpha value is -3.88. The van der Waals surface area contributed by atoms with Gasteiger partial charge in [0.25, 0.3) is 5.92 Å². The molecule has 1 fully saturated rings. The van der Waals surface area contributed by atoms with E-state index in [1.807, 2.05) is 30.3 Å². The number of hydrogen-bond acceptors (Lipinski definition) is 4. The smallest absolute Gasteiger partial charge is 0.265 e. The van der Waals surface area contributed by atoms with E-state index in [4.69, 9.17) is 0 Å². The summed E-state index contributed by atoms with van der Waals surface area (Å²) in [7, 11) is 0. The van der Waals surface area contributed by atoms with Crippen LogP contribution in [-0.2, 0) is 0 Å². The SMILES string of the molecule is O=c1ccn(-c2ccc(N3CCCC(F)(F)C3)cc2F)nc1-c1ccnn1-c1ccccc1. The number of hydrogen-bond donors (Lipinski definition) is 0. The van der Waals surface area contributed by atoms with Crippen LogP contribution in [-0.4, -0.2) is 38.6 Å². The Bertz CT molecular complexity index is 1350. The van der Waals surface area contributed by atoms with E-state index < -0.39 is 18.3 Å². The van der Waals surface area contributed by atoms with Crippen LogP contribution < -0.4 is 10.3 Å². The van der Waals surface area contributed by atoms with Gasteiger partial charge in [0.15, 0.2) is 11.5 Å². The minimum Gasteiger partial charge on any atom is -0.365 e. The monoisotopic (exact) mass is 451 g/mol. The Balaban J connectivity index is 1.51. The first-order chi connectivity index (χ1) is 15.9. The molecular formula is C24H20F3N5O. The van der Waals surface area contributed by atoms with E-state index in [1.54, 1.807) is 23.0 Å². The van der Waals surface area contributed by atoms with Gasteiger partial charge in [-0.15, -0.1) is 0 Å². The molecule has 0 N–H and O–H groups in total. The standard InChI is InChI=1S/C24H20F3N5O/c25-19-15-18(30-13-4-11-24(26,27)16-30)7-8-20(19)31-14-10-22(33)23(29-31)21-9-12-28-32(21)17-5-2-1-3-6-17/h1-3,5-10,12,14-15H,4,11,13,16H2. The van der Waals surface area contributed by atoms with Crippen LogP contribution >= 0.6 is 0 Å². The highest BCUT2D eigenvalue weighted by Crippen LogP contribution is 2.31. The van der Waals surface area contributed by atoms with Crippen LogP contribution in [0.3, 0.4) is 0 Å². The van der Waals surface area contributed by atoms with Gasteiger partial charge in [-0.05, 0) is 42.8 Å². The van der Waals surface area contributed by atoms with Crippen LogP contribution in [0.4, 0.5) is 18.9 Å². The quantitative estimate of drug-likeness (QED) is 0.460. The summed E-state index contributed by atoms with van der Waals surface area (Å²) in [5, 5.41) is 8.65. The summed E-state index contributed by atoms with van der Waals surface area (Å²) in [5.41, 5.74) is 1.49. The number of anilines is 1. The molecule has 0 atom stereocenters. The van der Waals surface area contributed by atoms with Crippen LogP contribution in [0, 0.1) is 5.82 Å². The van der Waals surface area contributed by atoms with Crippen molar-refractivity contribution in [1.82, 2.24) is 19.6 Å². The Morgan fingerprint density at radius 2 is 1.79 bits per heavy atom. The topological polar surface area (TPSA) is 56.0 Å². The molecule has 3 heterocycles. The van der Waals surface area contributed by atoms with E-state index in [1.165, 1.54) is 34.0 Å². The normalized spacial score (nSPS) is 15.5. The van der Waals surface area contributed by atoms with Gasteiger partial charge in [0.1, 0.15) is 5.69 Å². The number of aromatic nitrogens is 4. The second kappa shape index (κ2) is 8.23. The van der Waals surface area contributed by atoms with E-state index in [0.717, 1.165) is 5.69 Å². The Kier molecular flexibility index (Phi) is 5.24. The second-order valence-electron chi connectivity index (χ2n) is 7.95. The molecule has 0 bridgehead atoms. The molecular weight excluding hydrogens is 431 g/mol. The minimum atomic E-state index is -2.79. The van der Waals surface area contributed by atoms with E-state index in [2.05, 4.69) is 10.2 Å². The molecule has 0 radical (unpaired) electrons. The number of piperidine rings is 1. The maximum atomic E-state index is 15.0. The van der Waals surface area contributed by atoms with Gasteiger partial charge in [0, 0.05) is 30.9 Å². The number of rotatable bonds is 4. The average molecular weight is 451 g/mol. The summed E-state index contributed by atoms with van der Waals surface area (Å²) in [6.07, 6.45) is 3.12. The lowest BCUT2D eigenvalue weighted by Crippen LogP contribution is -2.42. The first kappa shape index (κ1) is 21.0. The molecule has 5 rings (SSSR count). The minimum absolute atomic E-state index is 0.106.